The van der Waals surface area contributed by atoms with Gasteiger partial charge in [-0.05, 0) is 6.92 Å². The summed E-state index contributed by atoms with van der Waals surface area (Å²) in [6.45, 7) is 2.42. The van der Waals surface area contributed by atoms with Gasteiger partial charge in [0.1, 0.15) is 6.33 Å². The van der Waals surface area contributed by atoms with Crippen LogP contribution in [0.25, 0.3) is 5.82 Å². The fourth-order valence-corrected chi connectivity index (χ4v) is 1.05. The fourth-order valence-electron chi connectivity index (χ4n) is 1.05. The van der Waals surface area contributed by atoms with Gasteiger partial charge in [0.2, 0.25) is 11.8 Å². The lowest BCUT2D eigenvalue weighted by atomic mass is 10.6. The molecular formula is C8H10N6O. The lowest BCUT2D eigenvalue weighted by molar-refractivity contribution is 0.324. The average Bonchev–Trinajstić information content (AvgIpc) is 2.66. The number of hydrogen-bond acceptors (Lipinski definition) is 6. The maximum Gasteiger partial charge on any atom is 0.239 e. The molecule has 2 rings (SSSR count). The molecule has 0 spiro atoms. The normalized spacial score (nSPS) is 10.2. The number of ether oxygens (including phenoxy) is 1. The Morgan fingerprint density at radius 1 is 1.47 bits per heavy atom. The zero-order valence-electron chi connectivity index (χ0n) is 8.16. The van der Waals surface area contributed by atoms with Crippen molar-refractivity contribution in [3.8, 4) is 11.7 Å². The predicted molar refractivity (Wildman–Crippen MR) is 52.5 cm³/mol. The number of nitrogens with zero attached hydrogens (tertiary/aromatic N) is 5. The van der Waals surface area contributed by atoms with E-state index >= 15 is 0 Å². The summed E-state index contributed by atoms with van der Waals surface area (Å²) in [6.07, 6.45) is 4.55. The van der Waals surface area contributed by atoms with Gasteiger partial charge in [-0.2, -0.15) is 9.67 Å². The van der Waals surface area contributed by atoms with Gasteiger partial charge in [0.15, 0.2) is 5.82 Å². The molecule has 0 aromatic carbocycles. The Balaban J connectivity index is 2.32. The SMILES string of the molecule is CCOc1cncc(-n2cnc(N)n2)n1. The third kappa shape index (κ3) is 2.01. The van der Waals surface area contributed by atoms with Gasteiger partial charge in [-0.1, -0.05) is 0 Å². The van der Waals surface area contributed by atoms with E-state index in [1.807, 2.05) is 6.92 Å². The van der Waals surface area contributed by atoms with Crippen molar-refractivity contribution in [2.24, 2.45) is 0 Å². The van der Waals surface area contributed by atoms with Crippen LogP contribution in [0.3, 0.4) is 0 Å². The first-order valence-electron chi connectivity index (χ1n) is 4.42. The zero-order chi connectivity index (χ0) is 10.7. The topological polar surface area (TPSA) is 91.7 Å². The van der Waals surface area contributed by atoms with Crippen LogP contribution in [-0.2, 0) is 0 Å². The van der Waals surface area contributed by atoms with Gasteiger partial charge < -0.3 is 10.5 Å². The Hall–Kier alpha value is -2.18. The number of anilines is 1. The van der Waals surface area contributed by atoms with Crippen LogP contribution in [-0.4, -0.2) is 31.3 Å². The summed E-state index contributed by atoms with van der Waals surface area (Å²) in [5, 5.41) is 3.91. The van der Waals surface area contributed by atoms with Crippen LogP contribution in [0, 0.1) is 0 Å². The summed E-state index contributed by atoms with van der Waals surface area (Å²) in [7, 11) is 0. The van der Waals surface area contributed by atoms with E-state index in [0.29, 0.717) is 18.3 Å². The molecule has 7 heteroatoms. The Morgan fingerprint density at radius 2 is 2.33 bits per heavy atom. The minimum absolute atomic E-state index is 0.193. The molecule has 15 heavy (non-hydrogen) atoms. The highest BCUT2D eigenvalue weighted by Crippen LogP contribution is 2.08. The van der Waals surface area contributed by atoms with Crippen LogP contribution in [0.2, 0.25) is 0 Å². The third-order valence-corrected chi connectivity index (χ3v) is 1.64. The summed E-state index contributed by atoms with van der Waals surface area (Å²) in [4.78, 5) is 11.9. The van der Waals surface area contributed by atoms with Crippen LogP contribution in [0.1, 0.15) is 6.92 Å². The average molecular weight is 206 g/mol. The molecular weight excluding hydrogens is 196 g/mol. The van der Waals surface area contributed by atoms with E-state index in [4.69, 9.17) is 10.5 Å². The molecule has 7 nitrogen and oxygen atoms in total. The highest BCUT2D eigenvalue weighted by Gasteiger charge is 2.03. The lowest BCUT2D eigenvalue weighted by Gasteiger charge is -2.02. The van der Waals surface area contributed by atoms with Crippen molar-refractivity contribution < 1.29 is 4.74 Å². The second-order valence-electron chi connectivity index (χ2n) is 2.70. The highest BCUT2D eigenvalue weighted by atomic mass is 16.5. The van der Waals surface area contributed by atoms with Gasteiger partial charge in [0.25, 0.3) is 0 Å². The van der Waals surface area contributed by atoms with E-state index in [0.717, 1.165) is 0 Å². The highest BCUT2D eigenvalue weighted by molar-refractivity contribution is 5.22. The quantitative estimate of drug-likeness (QED) is 0.762. The fraction of sp³-hybridized carbons (Fsp3) is 0.250. The standard InChI is InChI=1S/C8H10N6O/c1-2-15-7-4-10-3-6(12-7)14-5-11-8(9)13-14/h3-5H,2H2,1H3,(H2,9,13). The van der Waals surface area contributed by atoms with E-state index in [2.05, 4.69) is 20.1 Å². The predicted octanol–water partition coefficient (Wildman–Crippen LogP) is 0.0382. The molecule has 2 aromatic heterocycles. The second kappa shape index (κ2) is 3.91. The van der Waals surface area contributed by atoms with Gasteiger partial charge >= 0.3 is 0 Å². The molecule has 0 bridgehead atoms. The van der Waals surface area contributed by atoms with Gasteiger partial charge in [-0.15, -0.1) is 5.10 Å². The van der Waals surface area contributed by atoms with Gasteiger partial charge in [-0.25, -0.2) is 4.98 Å². The molecule has 0 radical (unpaired) electrons. The minimum atomic E-state index is 0.193. The number of hydrogen-bond donors (Lipinski definition) is 1. The Kier molecular flexibility index (Phi) is 2.44. The number of rotatable bonds is 3. The maximum atomic E-state index is 5.39. The lowest BCUT2D eigenvalue weighted by Crippen LogP contribution is -2.02. The molecule has 0 aliphatic rings. The van der Waals surface area contributed by atoms with Gasteiger partial charge in [0, 0.05) is 0 Å². The van der Waals surface area contributed by atoms with E-state index in [-0.39, 0.29) is 5.95 Å². The first-order valence-corrected chi connectivity index (χ1v) is 4.42. The number of aromatic nitrogens is 5. The first kappa shape index (κ1) is 9.38. The van der Waals surface area contributed by atoms with Gasteiger partial charge in [0.05, 0.1) is 19.0 Å². The smallest absolute Gasteiger partial charge is 0.239 e. The van der Waals surface area contributed by atoms with E-state index in [9.17, 15) is 0 Å². The van der Waals surface area contributed by atoms with Crippen LogP contribution in [0.4, 0.5) is 5.95 Å². The van der Waals surface area contributed by atoms with Crippen LogP contribution in [0.5, 0.6) is 5.88 Å². The summed E-state index contributed by atoms with van der Waals surface area (Å²) >= 11 is 0. The van der Waals surface area contributed by atoms with Crippen LogP contribution < -0.4 is 10.5 Å². The van der Waals surface area contributed by atoms with Crippen molar-refractivity contribution in [1.29, 1.82) is 0 Å². The Morgan fingerprint density at radius 3 is 3.00 bits per heavy atom. The molecule has 0 fully saturated rings. The molecule has 0 aliphatic heterocycles. The van der Waals surface area contributed by atoms with E-state index in [1.54, 1.807) is 6.20 Å². The molecule has 0 amide bonds. The largest absolute Gasteiger partial charge is 0.477 e. The van der Waals surface area contributed by atoms with E-state index < -0.39 is 0 Å². The molecule has 2 aromatic rings. The molecule has 0 aliphatic carbocycles. The van der Waals surface area contributed by atoms with E-state index in [1.165, 1.54) is 17.2 Å². The van der Waals surface area contributed by atoms with Crippen molar-refractivity contribution in [2.75, 3.05) is 12.3 Å². The molecule has 0 unspecified atom stereocenters. The molecule has 2 N–H and O–H groups in total. The minimum Gasteiger partial charge on any atom is -0.477 e. The molecule has 0 atom stereocenters. The summed E-state index contributed by atoms with van der Waals surface area (Å²) in [5.41, 5.74) is 5.39. The van der Waals surface area contributed by atoms with Crippen LogP contribution >= 0.6 is 0 Å². The molecule has 0 saturated carbocycles. The van der Waals surface area contributed by atoms with Gasteiger partial charge in [-0.3, -0.25) is 4.98 Å². The number of nitrogens with two attached hydrogens (primary N) is 1. The van der Waals surface area contributed by atoms with Crippen molar-refractivity contribution in [3.05, 3.63) is 18.7 Å². The molecule has 78 valence electrons. The van der Waals surface area contributed by atoms with Crippen molar-refractivity contribution >= 4 is 5.95 Å². The van der Waals surface area contributed by atoms with Crippen LogP contribution in [0.15, 0.2) is 18.7 Å². The Labute approximate surface area is 85.9 Å². The molecule has 0 saturated heterocycles. The Bertz CT molecular complexity index is 454. The van der Waals surface area contributed by atoms with Crippen molar-refractivity contribution in [3.63, 3.8) is 0 Å². The van der Waals surface area contributed by atoms with Crippen molar-refractivity contribution in [1.82, 2.24) is 24.7 Å². The summed E-state index contributed by atoms with van der Waals surface area (Å²) in [6, 6.07) is 0. The third-order valence-electron chi connectivity index (χ3n) is 1.64. The second-order valence-corrected chi connectivity index (χ2v) is 2.70. The first-order chi connectivity index (χ1) is 7.29. The monoisotopic (exact) mass is 206 g/mol. The zero-order valence-corrected chi connectivity index (χ0v) is 8.16. The number of nitrogen functional groups attached to an aromatic ring is 1. The molecule has 2 heterocycles. The maximum absolute atomic E-state index is 5.39. The van der Waals surface area contributed by atoms with Crippen molar-refractivity contribution in [2.45, 2.75) is 6.92 Å². The summed E-state index contributed by atoms with van der Waals surface area (Å²) in [5.74, 6) is 1.16. The summed E-state index contributed by atoms with van der Waals surface area (Å²) < 4.78 is 6.64.